The Labute approximate surface area is 201 Å². The van der Waals surface area contributed by atoms with Crippen molar-refractivity contribution in [1.29, 1.82) is 0 Å². The normalized spacial score (nSPS) is 17.9. The SMILES string of the molecule is CCC(C)c1c(C(=O)Nc2cc([C@H]3C[C@H]3C(=O)O)ccc2C)ccn1CCCc1ccccc1. The second kappa shape index (κ2) is 10.3. The van der Waals surface area contributed by atoms with Crippen LogP contribution in [0.1, 0.15) is 77.7 Å². The highest BCUT2D eigenvalue weighted by molar-refractivity contribution is 6.05. The molecule has 1 saturated carbocycles. The molecule has 5 nitrogen and oxygen atoms in total. The number of amides is 1. The Morgan fingerprint density at radius 3 is 2.59 bits per heavy atom. The summed E-state index contributed by atoms with van der Waals surface area (Å²) >= 11 is 0. The standard InChI is InChI=1S/C29H34N2O3/c1-4-19(2)27-23(14-16-31(27)15-8-11-21-9-6-5-7-10-21)28(32)30-26-17-22(13-12-20(26)3)24-18-25(24)29(33)34/h5-7,9-10,12-14,16-17,19,24-25H,4,8,11,15,18H2,1-3H3,(H,30,32)(H,33,34)/t19?,24-,25-/m1/s1. The van der Waals surface area contributed by atoms with Crippen LogP contribution in [0.5, 0.6) is 0 Å². The van der Waals surface area contributed by atoms with Gasteiger partial charge in [0.1, 0.15) is 0 Å². The van der Waals surface area contributed by atoms with Crippen LogP contribution in [0.25, 0.3) is 0 Å². The maximum Gasteiger partial charge on any atom is 0.307 e. The Kier molecular flexibility index (Phi) is 7.20. The van der Waals surface area contributed by atoms with Crippen LogP contribution < -0.4 is 5.32 Å². The highest BCUT2D eigenvalue weighted by atomic mass is 16.4. The lowest BCUT2D eigenvalue weighted by Gasteiger charge is -2.17. The third-order valence-corrected chi connectivity index (χ3v) is 7.08. The van der Waals surface area contributed by atoms with Crippen molar-refractivity contribution in [2.75, 3.05) is 5.32 Å². The molecule has 5 heteroatoms. The highest BCUT2D eigenvalue weighted by Gasteiger charge is 2.44. The summed E-state index contributed by atoms with van der Waals surface area (Å²) in [4.78, 5) is 24.6. The first-order valence-corrected chi connectivity index (χ1v) is 12.3. The lowest BCUT2D eigenvalue weighted by atomic mass is 10.00. The number of anilines is 1. The Balaban J connectivity index is 1.50. The van der Waals surface area contributed by atoms with Crippen LogP contribution in [-0.4, -0.2) is 21.6 Å². The van der Waals surface area contributed by atoms with Gasteiger partial charge in [-0.3, -0.25) is 9.59 Å². The fraction of sp³-hybridized carbons (Fsp3) is 0.379. The molecule has 0 spiro atoms. The lowest BCUT2D eigenvalue weighted by molar-refractivity contribution is -0.138. The van der Waals surface area contributed by atoms with E-state index in [1.54, 1.807) is 0 Å². The van der Waals surface area contributed by atoms with E-state index in [0.29, 0.717) is 12.0 Å². The third-order valence-electron chi connectivity index (χ3n) is 7.08. The molecule has 1 amide bonds. The summed E-state index contributed by atoms with van der Waals surface area (Å²) in [6, 6.07) is 18.3. The van der Waals surface area contributed by atoms with E-state index in [9.17, 15) is 14.7 Å². The van der Waals surface area contributed by atoms with Crippen molar-refractivity contribution in [3.8, 4) is 0 Å². The first kappa shape index (κ1) is 23.8. The van der Waals surface area contributed by atoms with Gasteiger partial charge in [-0.25, -0.2) is 0 Å². The predicted octanol–water partition coefficient (Wildman–Crippen LogP) is 6.38. The molecule has 4 rings (SSSR count). The zero-order chi connectivity index (χ0) is 24.2. The smallest absolute Gasteiger partial charge is 0.307 e. The molecule has 1 aliphatic carbocycles. The third kappa shape index (κ3) is 5.24. The van der Waals surface area contributed by atoms with Crippen LogP contribution in [-0.2, 0) is 17.8 Å². The largest absolute Gasteiger partial charge is 0.481 e. The fourth-order valence-corrected chi connectivity index (χ4v) is 4.74. The van der Waals surface area contributed by atoms with Gasteiger partial charge >= 0.3 is 5.97 Å². The van der Waals surface area contributed by atoms with Gasteiger partial charge in [-0.05, 0) is 73.3 Å². The van der Waals surface area contributed by atoms with Crippen molar-refractivity contribution in [3.63, 3.8) is 0 Å². The summed E-state index contributed by atoms with van der Waals surface area (Å²) in [6.45, 7) is 7.15. The number of carbonyl (C=O) groups excluding carboxylic acids is 1. The monoisotopic (exact) mass is 458 g/mol. The van der Waals surface area contributed by atoms with Crippen molar-refractivity contribution in [3.05, 3.63) is 88.7 Å². The van der Waals surface area contributed by atoms with Gasteiger partial charge in [0, 0.05) is 24.1 Å². The summed E-state index contributed by atoms with van der Waals surface area (Å²) in [5, 5.41) is 12.4. The summed E-state index contributed by atoms with van der Waals surface area (Å²) in [5.74, 6) is -0.864. The van der Waals surface area contributed by atoms with Gasteiger partial charge in [0.25, 0.3) is 5.91 Å². The van der Waals surface area contributed by atoms with Crippen LogP contribution in [0.15, 0.2) is 60.8 Å². The number of hydrogen-bond acceptors (Lipinski definition) is 2. The number of hydrogen-bond donors (Lipinski definition) is 2. The van der Waals surface area contributed by atoms with Crippen molar-refractivity contribution >= 4 is 17.6 Å². The molecule has 178 valence electrons. The molecule has 3 aromatic rings. The molecule has 1 aliphatic rings. The number of aromatic nitrogens is 1. The number of carboxylic acids is 1. The first-order chi connectivity index (χ1) is 16.4. The Morgan fingerprint density at radius 1 is 1.15 bits per heavy atom. The zero-order valence-electron chi connectivity index (χ0n) is 20.3. The molecule has 34 heavy (non-hydrogen) atoms. The van der Waals surface area contributed by atoms with Gasteiger partial charge in [-0.2, -0.15) is 0 Å². The molecule has 1 unspecified atom stereocenters. The number of aliphatic carboxylic acids is 1. The van der Waals surface area contributed by atoms with Crippen molar-refractivity contribution in [1.82, 2.24) is 4.57 Å². The highest BCUT2D eigenvalue weighted by Crippen LogP contribution is 2.48. The van der Waals surface area contributed by atoms with Gasteiger partial charge in [0.15, 0.2) is 0 Å². The van der Waals surface area contributed by atoms with Crippen LogP contribution in [0, 0.1) is 12.8 Å². The summed E-state index contributed by atoms with van der Waals surface area (Å²) in [5.41, 5.74) is 5.83. The molecule has 0 bridgehead atoms. The molecule has 1 heterocycles. The zero-order valence-corrected chi connectivity index (χ0v) is 20.3. The number of carboxylic acid groups (broad SMARTS) is 1. The lowest BCUT2D eigenvalue weighted by Crippen LogP contribution is -2.17. The number of nitrogens with one attached hydrogen (secondary N) is 1. The minimum Gasteiger partial charge on any atom is -0.481 e. The van der Waals surface area contributed by atoms with Gasteiger partial charge in [-0.1, -0.05) is 56.3 Å². The van der Waals surface area contributed by atoms with Crippen LogP contribution in [0.2, 0.25) is 0 Å². The van der Waals surface area contributed by atoms with Crippen LogP contribution in [0.4, 0.5) is 5.69 Å². The molecule has 2 aromatic carbocycles. The minimum absolute atomic E-state index is 0.0372. The Bertz CT molecular complexity index is 1170. The van der Waals surface area contributed by atoms with Crippen LogP contribution >= 0.6 is 0 Å². The van der Waals surface area contributed by atoms with E-state index in [1.807, 2.05) is 43.5 Å². The molecule has 1 aromatic heterocycles. The summed E-state index contributed by atoms with van der Waals surface area (Å²) < 4.78 is 2.23. The number of aryl methyl sites for hydroxylation is 3. The Hall–Kier alpha value is -3.34. The van der Waals surface area contributed by atoms with E-state index in [1.165, 1.54) is 5.56 Å². The number of carbonyl (C=O) groups is 2. The topological polar surface area (TPSA) is 71.3 Å². The molecule has 3 atom stereocenters. The predicted molar refractivity (Wildman–Crippen MR) is 136 cm³/mol. The molecular weight excluding hydrogens is 424 g/mol. The summed E-state index contributed by atoms with van der Waals surface area (Å²) in [7, 11) is 0. The fourth-order valence-electron chi connectivity index (χ4n) is 4.74. The second-order valence-electron chi connectivity index (χ2n) is 9.52. The molecule has 0 saturated heterocycles. The van der Waals surface area contributed by atoms with E-state index >= 15 is 0 Å². The first-order valence-electron chi connectivity index (χ1n) is 12.3. The maximum absolute atomic E-state index is 13.4. The van der Waals surface area contributed by atoms with E-state index in [0.717, 1.165) is 48.3 Å². The Morgan fingerprint density at radius 2 is 1.91 bits per heavy atom. The van der Waals surface area contributed by atoms with E-state index in [-0.39, 0.29) is 23.7 Å². The minimum atomic E-state index is -0.747. The number of benzene rings is 2. The van der Waals surface area contributed by atoms with Crippen LogP contribution in [0.3, 0.4) is 0 Å². The number of nitrogens with zero attached hydrogens (tertiary/aromatic N) is 1. The quantitative estimate of drug-likeness (QED) is 0.370. The number of rotatable bonds is 10. The summed E-state index contributed by atoms with van der Waals surface area (Å²) in [6.07, 6.45) is 5.67. The molecule has 1 fully saturated rings. The van der Waals surface area contributed by atoms with E-state index in [2.05, 4.69) is 48.0 Å². The molecule has 0 radical (unpaired) electrons. The average molecular weight is 459 g/mol. The van der Waals surface area contributed by atoms with Crippen molar-refractivity contribution in [2.45, 2.75) is 64.8 Å². The van der Waals surface area contributed by atoms with Gasteiger partial charge < -0.3 is 15.0 Å². The maximum atomic E-state index is 13.4. The van der Waals surface area contributed by atoms with Gasteiger partial charge in [-0.15, -0.1) is 0 Å². The molecular formula is C29H34N2O3. The second-order valence-corrected chi connectivity index (χ2v) is 9.52. The average Bonchev–Trinajstić information content (AvgIpc) is 3.54. The molecule has 2 N–H and O–H groups in total. The van der Waals surface area contributed by atoms with Crippen molar-refractivity contribution in [2.24, 2.45) is 5.92 Å². The van der Waals surface area contributed by atoms with E-state index < -0.39 is 5.97 Å². The van der Waals surface area contributed by atoms with Crippen molar-refractivity contribution < 1.29 is 14.7 Å². The van der Waals surface area contributed by atoms with E-state index in [4.69, 9.17) is 0 Å². The molecule has 0 aliphatic heterocycles. The van der Waals surface area contributed by atoms with Gasteiger partial charge in [0.2, 0.25) is 0 Å². The van der Waals surface area contributed by atoms with Gasteiger partial charge in [0.05, 0.1) is 11.5 Å².